The van der Waals surface area contributed by atoms with Gasteiger partial charge in [0.05, 0.1) is 13.2 Å². The molecule has 0 radical (unpaired) electrons. The lowest BCUT2D eigenvalue weighted by Crippen LogP contribution is -2.34. The highest BCUT2D eigenvalue weighted by atomic mass is 35.5. The summed E-state index contributed by atoms with van der Waals surface area (Å²) in [5, 5.41) is 2.71. The molecular formula is C26H35ClN2O8. The summed E-state index contributed by atoms with van der Waals surface area (Å²) in [6.45, 7) is 3.74. The van der Waals surface area contributed by atoms with E-state index in [4.69, 9.17) is 46.5 Å². The van der Waals surface area contributed by atoms with Crippen molar-refractivity contribution in [3.63, 3.8) is 0 Å². The molecule has 0 aliphatic carbocycles. The van der Waals surface area contributed by atoms with Gasteiger partial charge in [0.1, 0.15) is 5.48 Å². The first-order chi connectivity index (χ1) is 19.1. The molecule has 0 fully saturated rings. The molecule has 0 saturated carbocycles. The fourth-order valence-electron chi connectivity index (χ4n) is 3.17. The lowest BCUT2D eigenvalue weighted by molar-refractivity contribution is 0.148. The second-order valence-electron chi connectivity index (χ2n) is 7.96. The van der Waals surface area contributed by atoms with Crippen LogP contribution in [0.3, 0.4) is 0 Å². The molecule has 11 heteroatoms. The number of alkyl carbamates (subject to hydrolysis) is 1. The van der Waals surface area contributed by atoms with E-state index >= 15 is 0 Å². The first kappa shape index (κ1) is 24.0. The number of hydrogen-bond acceptors (Lipinski definition) is 9. The Morgan fingerprint density at radius 2 is 1.41 bits per heavy atom. The summed E-state index contributed by atoms with van der Waals surface area (Å²) in [5.41, 5.74) is 6.87. The number of halogens is 1. The highest BCUT2D eigenvalue weighted by Crippen LogP contribution is 2.33. The summed E-state index contributed by atoms with van der Waals surface area (Å²) in [6, 6.07) is 10.5. The Bertz CT molecular complexity index is 1190. The topological polar surface area (TPSA) is 128 Å². The van der Waals surface area contributed by atoms with Gasteiger partial charge in [-0.1, -0.05) is 12.1 Å². The Morgan fingerprint density at radius 1 is 0.919 bits per heavy atom. The molecule has 10 nitrogen and oxygen atoms in total. The second kappa shape index (κ2) is 15.7. The van der Waals surface area contributed by atoms with E-state index < -0.39 is 25.0 Å². The maximum absolute atomic E-state index is 11.3. The van der Waals surface area contributed by atoms with Crippen molar-refractivity contribution in [1.29, 1.82) is 0 Å². The minimum absolute atomic E-state index is 0.0714. The number of amides is 1. The van der Waals surface area contributed by atoms with Gasteiger partial charge in [0.15, 0.2) is 23.0 Å². The molecule has 3 N–H and O–H groups in total. The first-order valence-corrected chi connectivity index (χ1v) is 12.0. The maximum Gasteiger partial charge on any atom is 0.407 e. The Hall–Kier alpha value is -3.37. The molecule has 2 aromatic rings. The summed E-state index contributed by atoms with van der Waals surface area (Å²) in [5.74, 6) is 1.63. The maximum atomic E-state index is 11.3. The molecule has 37 heavy (non-hydrogen) atoms. The summed E-state index contributed by atoms with van der Waals surface area (Å²) in [4.78, 5) is 20.9. The predicted octanol–water partition coefficient (Wildman–Crippen LogP) is 4.78. The average Bonchev–Trinajstić information content (AvgIpc) is 3.31. The molecule has 204 valence electrons. The molecule has 0 bridgehead atoms. The number of carbonyl (C=O) groups excluding carboxylic acids is 2. The van der Waals surface area contributed by atoms with E-state index in [1.807, 2.05) is 26.0 Å². The van der Waals surface area contributed by atoms with E-state index in [2.05, 4.69) is 10.1 Å². The molecule has 0 saturated heterocycles. The third-order valence-electron chi connectivity index (χ3n) is 4.62. The fraction of sp³-hybridized carbons (Fsp3) is 0.462. The Morgan fingerprint density at radius 3 is 1.84 bits per heavy atom. The molecule has 2 heterocycles. The van der Waals surface area contributed by atoms with Gasteiger partial charge in [0.2, 0.25) is 13.5 Å². The van der Waals surface area contributed by atoms with Crippen LogP contribution in [-0.2, 0) is 22.3 Å². The summed E-state index contributed by atoms with van der Waals surface area (Å²) in [6.07, 6.45) is 0.870. The van der Waals surface area contributed by atoms with Crippen molar-refractivity contribution in [3.05, 3.63) is 47.5 Å². The molecule has 2 aromatic carbocycles. The second-order valence-corrected chi connectivity index (χ2v) is 8.27. The van der Waals surface area contributed by atoms with Crippen molar-refractivity contribution in [1.82, 2.24) is 5.32 Å². The highest BCUT2D eigenvalue weighted by molar-refractivity contribution is 6.61. The monoisotopic (exact) mass is 542 g/mol. The smallest absolute Gasteiger partial charge is 0.407 e. The third-order valence-corrected chi connectivity index (χ3v) is 4.73. The van der Waals surface area contributed by atoms with Gasteiger partial charge in [-0.25, -0.2) is 9.59 Å². The lowest BCUT2D eigenvalue weighted by atomic mass is 10.1. The van der Waals surface area contributed by atoms with Gasteiger partial charge in [-0.05, 0) is 75.9 Å². The van der Waals surface area contributed by atoms with Crippen LogP contribution in [0.15, 0.2) is 36.4 Å². The zero-order valence-electron chi connectivity index (χ0n) is 25.2. The molecular weight excluding hydrogens is 504 g/mol. The summed E-state index contributed by atoms with van der Waals surface area (Å²) >= 11 is 4.72. The van der Waals surface area contributed by atoms with E-state index in [9.17, 15) is 9.59 Å². The SMILES string of the molecule is CCOC(=O)Cl.[2H]C1([2H])Oc2ccc(CC(C)N)cc2O1.[2H]C1([2H])Oc2ccc(CC(C)NC(=O)OCC)cc2O1. The number of hydrogen-bond donors (Lipinski definition) is 2. The minimum atomic E-state index is -2.12. The molecule has 2 aliphatic rings. The van der Waals surface area contributed by atoms with Gasteiger partial charge in [0, 0.05) is 23.7 Å². The predicted molar refractivity (Wildman–Crippen MR) is 139 cm³/mol. The average molecular weight is 543 g/mol. The van der Waals surface area contributed by atoms with Crippen LogP contribution in [0, 0.1) is 0 Å². The molecule has 1 amide bonds. The lowest BCUT2D eigenvalue weighted by Gasteiger charge is -2.13. The van der Waals surface area contributed by atoms with E-state index in [1.165, 1.54) is 0 Å². The Kier molecular flexibility index (Phi) is 10.2. The number of benzene rings is 2. The van der Waals surface area contributed by atoms with Crippen LogP contribution in [0.1, 0.15) is 44.3 Å². The number of rotatable bonds is 7. The van der Waals surface area contributed by atoms with Gasteiger partial charge in [-0.15, -0.1) is 0 Å². The molecule has 2 atom stereocenters. The number of carbonyl (C=O) groups is 2. The van der Waals surface area contributed by atoms with Crippen molar-refractivity contribution >= 4 is 23.1 Å². The molecule has 0 aromatic heterocycles. The number of nitrogens with two attached hydrogens (primary N) is 1. The van der Waals surface area contributed by atoms with Crippen LogP contribution >= 0.6 is 11.6 Å². The van der Waals surface area contributed by atoms with Crippen molar-refractivity contribution in [2.45, 2.75) is 52.6 Å². The van der Waals surface area contributed by atoms with Crippen molar-refractivity contribution in [2.24, 2.45) is 5.73 Å². The molecule has 2 aliphatic heterocycles. The quantitative estimate of drug-likeness (QED) is 0.475. The van der Waals surface area contributed by atoms with Gasteiger partial charge in [0.25, 0.3) is 0 Å². The number of nitrogens with one attached hydrogen (secondary N) is 1. The van der Waals surface area contributed by atoms with Crippen LogP contribution in [0.5, 0.6) is 23.0 Å². The highest BCUT2D eigenvalue weighted by Gasteiger charge is 2.15. The standard InChI is InChI=1S/C13H17NO4.C10H13NO2.C3H5ClO2/c1-3-16-13(15)14-9(2)6-10-4-5-11-12(7-10)18-8-17-11;1-7(11)4-8-2-3-9-10(5-8)13-6-12-9;1-2-6-3(4)5/h4-5,7,9H,3,6,8H2,1-2H3,(H,14,15);2-3,5,7H,4,6,11H2,1H3;2H2,1H3/i8D2;6D2;. The van der Waals surface area contributed by atoms with Gasteiger partial charge < -0.3 is 39.5 Å². The number of fused-ring (bicyclic) bond motifs is 2. The zero-order valence-corrected chi connectivity index (χ0v) is 21.9. The van der Waals surface area contributed by atoms with Crippen molar-refractivity contribution < 1.29 is 43.5 Å². The van der Waals surface area contributed by atoms with Gasteiger partial charge >= 0.3 is 11.5 Å². The van der Waals surface area contributed by atoms with E-state index in [0.29, 0.717) is 42.6 Å². The summed E-state index contributed by atoms with van der Waals surface area (Å²) in [7, 11) is 0. The van der Waals surface area contributed by atoms with E-state index in [-0.39, 0.29) is 12.1 Å². The minimum Gasteiger partial charge on any atom is -0.454 e. The van der Waals surface area contributed by atoms with Crippen LogP contribution < -0.4 is 30.0 Å². The van der Waals surface area contributed by atoms with Crippen molar-refractivity contribution in [3.8, 4) is 23.0 Å². The van der Waals surface area contributed by atoms with Crippen LogP contribution in [0.4, 0.5) is 9.59 Å². The largest absolute Gasteiger partial charge is 0.454 e. The van der Waals surface area contributed by atoms with Crippen LogP contribution in [-0.4, -0.2) is 50.3 Å². The fourth-order valence-corrected chi connectivity index (χ4v) is 3.28. The van der Waals surface area contributed by atoms with Crippen LogP contribution in [0.2, 0.25) is 0 Å². The first-order valence-electron chi connectivity index (χ1n) is 13.7. The molecule has 4 rings (SSSR count). The van der Waals surface area contributed by atoms with Gasteiger partial charge in [-0.3, -0.25) is 0 Å². The molecule has 0 spiro atoms. The normalized spacial score (nSPS) is 18.0. The number of ether oxygens (including phenoxy) is 6. The molecule has 2 unspecified atom stereocenters. The van der Waals surface area contributed by atoms with Gasteiger partial charge in [-0.2, -0.15) is 0 Å². The Balaban J connectivity index is 0.000000246. The summed E-state index contributed by atoms with van der Waals surface area (Å²) < 4.78 is 58.2. The zero-order chi connectivity index (χ0) is 30.8. The van der Waals surface area contributed by atoms with E-state index in [0.717, 1.165) is 17.5 Å². The third kappa shape index (κ3) is 11.1. The van der Waals surface area contributed by atoms with Crippen molar-refractivity contribution in [2.75, 3.05) is 26.7 Å². The van der Waals surface area contributed by atoms with Crippen LogP contribution in [0.25, 0.3) is 0 Å². The Labute approximate surface area is 227 Å². The van der Waals surface area contributed by atoms with E-state index in [1.54, 1.807) is 38.1 Å².